The lowest BCUT2D eigenvalue weighted by atomic mass is 9.54. The number of carbonyl (C=O) groups is 2. The predicted molar refractivity (Wildman–Crippen MR) is 163 cm³/mol. The van der Waals surface area contributed by atoms with E-state index in [4.69, 9.17) is 9.72 Å². The molecule has 2 aromatic rings. The molecule has 1 aromatic heterocycles. The molecule has 1 heterocycles. The molecular formula is C35H49N3O3. The number of aromatic nitrogens is 1. The summed E-state index contributed by atoms with van der Waals surface area (Å²) in [4.78, 5) is 31.5. The lowest BCUT2D eigenvalue weighted by Gasteiger charge is -2.54. The highest BCUT2D eigenvalue weighted by Gasteiger charge is 2.48. The van der Waals surface area contributed by atoms with Crippen molar-refractivity contribution in [1.29, 1.82) is 0 Å². The van der Waals surface area contributed by atoms with Crippen molar-refractivity contribution in [3.8, 4) is 11.1 Å². The van der Waals surface area contributed by atoms with E-state index in [9.17, 15) is 9.59 Å². The van der Waals surface area contributed by atoms with Crippen LogP contribution >= 0.6 is 0 Å². The van der Waals surface area contributed by atoms with E-state index in [0.717, 1.165) is 51.9 Å². The number of carbonyl (C=O) groups excluding carboxylic acids is 2. The van der Waals surface area contributed by atoms with Crippen molar-refractivity contribution in [3.05, 3.63) is 52.3 Å². The number of hydrogen-bond acceptors (Lipinski definition) is 4. The van der Waals surface area contributed by atoms with Gasteiger partial charge in [-0.1, -0.05) is 43.7 Å². The number of ether oxygens (including phenoxy) is 1. The highest BCUT2D eigenvalue weighted by molar-refractivity contribution is 5.84. The van der Waals surface area contributed by atoms with Crippen molar-refractivity contribution >= 4 is 12.0 Å². The Labute approximate surface area is 246 Å². The Kier molecular flexibility index (Phi) is 8.50. The standard InChI is InChI=1S/C35H49N3O3/c1-20(2)12-30-29(19-36-34(40)41-35(5,6)7)32(25-10-8-21(3)9-11-25)28(22(4)37-30)18-31(39)38-33-26-14-23-13-24(16-26)17-27(33)15-23/h8-11,20,23-24,26-27,33H,12-19H2,1-7H3,(H,36,40)(H,38,39). The van der Waals surface area contributed by atoms with Crippen molar-refractivity contribution < 1.29 is 14.3 Å². The summed E-state index contributed by atoms with van der Waals surface area (Å²) in [6.45, 7) is 14.3. The summed E-state index contributed by atoms with van der Waals surface area (Å²) < 4.78 is 5.56. The number of rotatable bonds is 8. The van der Waals surface area contributed by atoms with Gasteiger partial charge in [-0.05, 0) is 119 Å². The van der Waals surface area contributed by atoms with Gasteiger partial charge in [0.15, 0.2) is 0 Å². The van der Waals surface area contributed by atoms with Crippen molar-refractivity contribution in [3.63, 3.8) is 0 Å². The van der Waals surface area contributed by atoms with Gasteiger partial charge in [0.2, 0.25) is 5.91 Å². The van der Waals surface area contributed by atoms with Gasteiger partial charge in [-0.3, -0.25) is 9.78 Å². The number of nitrogens with zero attached hydrogens (tertiary/aromatic N) is 1. The highest BCUT2D eigenvalue weighted by atomic mass is 16.6. The van der Waals surface area contributed by atoms with Crippen molar-refractivity contribution in [2.24, 2.45) is 29.6 Å². The van der Waals surface area contributed by atoms with Crippen LogP contribution in [0, 0.1) is 43.4 Å². The van der Waals surface area contributed by atoms with Gasteiger partial charge in [-0.2, -0.15) is 0 Å². The lowest BCUT2D eigenvalue weighted by Crippen LogP contribution is -2.56. The van der Waals surface area contributed by atoms with Gasteiger partial charge in [0.1, 0.15) is 5.60 Å². The number of nitrogens with one attached hydrogen (secondary N) is 2. The molecular weight excluding hydrogens is 510 g/mol. The average molecular weight is 560 g/mol. The Balaban J connectivity index is 1.48. The molecule has 1 aromatic carbocycles. The van der Waals surface area contributed by atoms with E-state index in [1.807, 2.05) is 27.7 Å². The smallest absolute Gasteiger partial charge is 0.407 e. The quantitative estimate of drug-likeness (QED) is 0.362. The Morgan fingerprint density at radius 1 is 0.951 bits per heavy atom. The first kappa shape index (κ1) is 29.6. The fourth-order valence-electron chi connectivity index (χ4n) is 7.91. The van der Waals surface area contributed by atoms with Crippen LogP contribution in [0.5, 0.6) is 0 Å². The zero-order chi connectivity index (χ0) is 29.5. The first-order valence-corrected chi connectivity index (χ1v) is 15.7. The maximum atomic E-state index is 13.8. The van der Waals surface area contributed by atoms with Gasteiger partial charge in [0.05, 0.1) is 6.42 Å². The fraction of sp³-hybridized carbons (Fsp3) is 0.629. The number of amides is 2. The second-order valence-electron chi connectivity index (χ2n) is 14.5. The number of aryl methyl sites for hydroxylation is 2. The summed E-state index contributed by atoms with van der Waals surface area (Å²) in [5, 5.41) is 6.50. The number of pyridine rings is 1. The molecule has 4 bridgehead atoms. The van der Waals surface area contributed by atoms with Crippen LogP contribution in [0.1, 0.15) is 94.8 Å². The molecule has 0 unspecified atom stereocenters. The van der Waals surface area contributed by atoms with E-state index in [2.05, 4.69) is 55.7 Å². The van der Waals surface area contributed by atoms with E-state index >= 15 is 0 Å². The van der Waals surface area contributed by atoms with Gasteiger partial charge >= 0.3 is 6.09 Å². The van der Waals surface area contributed by atoms with Crippen molar-refractivity contribution in [1.82, 2.24) is 15.6 Å². The van der Waals surface area contributed by atoms with E-state index in [0.29, 0.717) is 23.8 Å². The predicted octanol–water partition coefficient (Wildman–Crippen LogP) is 7.07. The van der Waals surface area contributed by atoms with Crippen molar-refractivity contribution in [2.75, 3.05) is 0 Å². The molecule has 0 radical (unpaired) electrons. The minimum absolute atomic E-state index is 0.0865. The van der Waals surface area contributed by atoms with Gasteiger partial charge < -0.3 is 15.4 Å². The minimum atomic E-state index is -0.586. The molecule has 0 saturated heterocycles. The average Bonchev–Trinajstić information content (AvgIpc) is 2.86. The number of benzene rings is 1. The molecule has 4 saturated carbocycles. The molecule has 0 atom stereocenters. The largest absolute Gasteiger partial charge is 0.444 e. The van der Waals surface area contributed by atoms with E-state index in [-0.39, 0.29) is 18.9 Å². The maximum absolute atomic E-state index is 13.8. The number of alkyl carbamates (subject to hydrolysis) is 1. The topological polar surface area (TPSA) is 80.3 Å². The third-order valence-corrected chi connectivity index (χ3v) is 9.33. The van der Waals surface area contributed by atoms with Gasteiger partial charge in [0, 0.05) is 29.5 Å². The van der Waals surface area contributed by atoms with Crippen molar-refractivity contribution in [2.45, 2.75) is 112 Å². The lowest BCUT2D eigenvalue weighted by molar-refractivity contribution is -0.124. The molecule has 4 aliphatic carbocycles. The highest BCUT2D eigenvalue weighted by Crippen LogP contribution is 2.53. The Hall–Kier alpha value is -2.89. The minimum Gasteiger partial charge on any atom is -0.444 e. The SMILES string of the molecule is Cc1ccc(-c2c(CC(=O)NC3C4CC5CC(C4)CC3C5)c(C)nc(CC(C)C)c2CNC(=O)OC(C)(C)C)cc1. The molecule has 0 spiro atoms. The summed E-state index contributed by atoms with van der Waals surface area (Å²) >= 11 is 0. The molecule has 6 heteroatoms. The fourth-order valence-corrected chi connectivity index (χ4v) is 7.91. The first-order valence-electron chi connectivity index (χ1n) is 15.7. The normalized spacial score (nSPS) is 24.9. The maximum Gasteiger partial charge on any atom is 0.407 e. The van der Waals surface area contributed by atoms with Crippen LogP contribution in [0.25, 0.3) is 11.1 Å². The molecule has 4 aliphatic rings. The molecule has 4 fully saturated rings. The van der Waals surface area contributed by atoms with Crippen LogP contribution in [0.2, 0.25) is 0 Å². The van der Waals surface area contributed by atoms with Crippen LogP contribution in [0.4, 0.5) is 4.79 Å². The molecule has 222 valence electrons. The Bertz CT molecular complexity index is 1250. The second kappa shape index (κ2) is 11.8. The third kappa shape index (κ3) is 6.95. The summed E-state index contributed by atoms with van der Waals surface area (Å²) in [6.07, 6.45) is 7.12. The first-order chi connectivity index (χ1) is 19.4. The molecule has 2 N–H and O–H groups in total. The number of hydrogen-bond donors (Lipinski definition) is 2. The zero-order valence-corrected chi connectivity index (χ0v) is 26.1. The van der Waals surface area contributed by atoms with Crippen LogP contribution in [-0.4, -0.2) is 28.6 Å². The monoisotopic (exact) mass is 559 g/mol. The van der Waals surface area contributed by atoms with Gasteiger partial charge in [-0.25, -0.2) is 4.79 Å². The molecule has 2 amide bonds. The van der Waals surface area contributed by atoms with E-state index < -0.39 is 11.7 Å². The van der Waals surface area contributed by atoms with Crippen LogP contribution in [0.15, 0.2) is 24.3 Å². The third-order valence-electron chi connectivity index (χ3n) is 9.33. The molecule has 0 aliphatic heterocycles. The molecule has 6 rings (SSSR count). The molecule has 41 heavy (non-hydrogen) atoms. The summed E-state index contributed by atoms with van der Waals surface area (Å²) in [6, 6.07) is 8.77. The van der Waals surface area contributed by atoms with Crippen LogP contribution in [-0.2, 0) is 28.9 Å². The van der Waals surface area contributed by atoms with E-state index in [1.54, 1.807) is 0 Å². The van der Waals surface area contributed by atoms with Crippen LogP contribution in [0.3, 0.4) is 0 Å². The summed E-state index contributed by atoms with van der Waals surface area (Å²) in [5.74, 6) is 3.49. The van der Waals surface area contributed by atoms with Gasteiger partial charge in [-0.15, -0.1) is 0 Å². The Morgan fingerprint density at radius 2 is 1.56 bits per heavy atom. The second-order valence-corrected chi connectivity index (χ2v) is 14.5. The summed E-state index contributed by atoms with van der Waals surface area (Å²) in [7, 11) is 0. The summed E-state index contributed by atoms with van der Waals surface area (Å²) in [5.41, 5.74) is 6.43. The Morgan fingerprint density at radius 3 is 2.12 bits per heavy atom. The zero-order valence-electron chi connectivity index (χ0n) is 26.1. The van der Waals surface area contributed by atoms with Gasteiger partial charge in [0.25, 0.3) is 0 Å². The van der Waals surface area contributed by atoms with E-state index in [1.165, 1.54) is 37.7 Å². The van der Waals surface area contributed by atoms with Crippen LogP contribution < -0.4 is 10.6 Å². The molecule has 6 nitrogen and oxygen atoms in total.